The van der Waals surface area contributed by atoms with Crippen molar-refractivity contribution in [2.75, 3.05) is 0 Å². The van der Waals surface area contributed by atoms with Gasteiger partial charge >= 0.3 is 0 Å². The molecule has 0 saturated heterocycles. The number of halogens is 1. The maximum atomic E-state index is 2.56. The summed E-state index contributed by atoms with van der Waals surface area (Å²) < 4.78 is 1.49. The summed E-state index contributed by atoms with van der Waals surface area (Å²) in [6.45, 7) is 9.35. The number of benzene rings is 1. The van der Waals surface area contributed by atoms with Gasteiger partial charge < -0.3 is 0 Å². The van der Waals surface area contributed by atoms with E-state index in [0.29, 0.717) is 0 Å². The Bertz CT molecular complexity index is 424. The third-order valence-electron chi connectivity index (χ3n) is 5.30. The van der Waals surface area contributed by atoms with Crippen molar-refractivity contribution < 1.29 is 0 Å². The monoisotopic (exact) mass is 428 g/mol. The zero-order valence-corrected chi connectivity index (χ0v) is 18.0. The van der Waals surface area contributed by atoms with Gasteiger partial charge in [0.05, 0.1) is 0 Å². The molecule has 0 bridgehead atoms. The van der Waals surface area contributed by atoms with E-state index in [1.165, 1.54) is 67.8 Å². The second kappa shape index (κ2) is 12.3. The van der Waals surface area contributed by atoms with Crippen molar-refractivity contribution in [1.29, 1.82) is 0 Å². The van der Waals surface area contributed by atoms with E-state index < -0.39 is 0 Å². The number of unbranched alkanes of at least 4 members (excludes halogenated alkanes) is 2. The molecule has 0 aromatic heterocycles. The van der Waals surface area contributed by atoms with Crippen molar-refractivity contribution in [2.24, 2.45) is 11.8 Å². The Balaban J connectivity index is 2.85. The minimum absolute atomic E-state index is 0.861. The van der Waals surface area contributed by atoms with E-state index in [1.807, 2.05) is 0 Å². The van der Waals surface area contributed by atoms with Gasteiger partial charge in [0.15, 0.2) is 0 Å². The van der Waals surface area contributed by atoms with Crippen molar-refractivity contribution in [3.63, 3.8) is 0 Å². The van der Waals surface area contributed by atoms with E-state index >= 15 is 0 Å². The molecular weight excluding hydrogens is 391 g/mol. The summed E-state index contributed by atoms with van der Waals surface area (Å²) in [5.41, 5.74) is 3.29. The molecule has 2 unspecified atom stereocenters. The molecular formula is C22H37I. The summed E-state index contributed by atoms with van der Waals surface area (Å²) in [6.07, 6.45) is 13.4. The Labute approximate surface area is 159 Å². The Morgan fingerprint density at radius 3 is 1.91 bits per heavy atom. The van der Waals surface area contributed by atoms with E-state index in [1.54, 1.807) is 11.1 Å². The van der Waals surface area contributed by atoms with Crippen molar-refractivity contribution in [3.05, 3.63) is 32.9 Å². The predicted octanol–water partition coefficient (Wildman–Crippen LogP) is 7.81. The first-order valence-corrected chi connectivity index (χ1v) is 11.0. The van der Waals surface area contributed by atoms with Gasteiger partial charge in [-0.05, 0) is 64.5 Å². The predicted molar refractivity (Wildman–Crippen MR) is 113 cm³/mol. The Hall–Kier alpha value is -0.0500. The molecule has 132 valence electrons. The van der Waals surface area contributed by atoms with Crippen LogP contribution in [0, 0.1) is 15.4 Å². The number of hydrogen-bond donors (Lipinski definition) is 0. The topological polar surface area (TPSA) is 0 Å². The van der Waals surface area contributed by atoms with E-state index in [4.69, 9.17) is 0 Å². The van der Waals surface area contributed by atoms with Crippen LogP contribution in [0.4, 0.5) is 0 Å². The van der Waals surface area contributed by atoms with Crippen molar-refractivity contribution in [3.8, 4) is 0 Å². The van der Waals surface area contributed by atoms with Crippen LogP contribution in [0.3, 0.4) is 0 Å². The van der Waals surface area contributed by atoms with Gasteiger partial charge in [0, 0.05) is 3.57 Å². The van der Waals surface area contributed by atoms with Crippen LogP contribution in [0.5, 0.6) is 0 Å². The summed E-state index contributed by atoms with van der Waals surface area (Å²) in [7, 11) is 0. The van der Waals surface area contributed by atoms with Crippen LogP contribution in [0.15, 0.2) is 18.2 Å². The molecule has 0 aliphatic heterocycles. The first-order chi connectivity index (χ1) is 11.2. The van der Waals surface area contributed by atoms with Crippen LogP contribution in [0.2, 0.25) is 0 Å². The van der Waals surface area contributed by atoms with Crippen LogP contribution in [-0.2, 0) is 12.8 Å². The molecule has 1 aromatic carbocycles. The molecule has 0 amide bonds. The number of rotatable bonds is 12. The molecule has 0 N–H and O–H groups in total. The Morgan fingerprint density at radius 2 is 1.39 bits per heavy atom. The molecule has 0 heterocycles. The SMILES string of the molecule is CCCCC(CC)Cc1cccc(I)c1CC(CC)CCCC. The Kier molecular flexibility index (Phi) is 11.3. The molecule has 0 spiro atoms. The molecule has 0 radical (unpaired) electrons. The van der Waals surface area contributed by atoms with E-state index in [-0.39, 0.29) is 0 Å². The fourth-order valence-electron chi connectivity index (χ4n) is 3.51. The first kappa shape index (κ1) is 21.0. The quantitative estimate of drug-likeness (QED) is 0.298. The molecule has 0 aliphatic carbocycles. The zero-order valence-electron chi connectivity index (χ0n) is 15.8. The van der Waals surface area contributed by atoms with Crippen molar-refractivity contribution in [1.82, 2.24) is 0 Å². The average Bonchev–Trinajstić information content (AvgIpc) is 2.57. The fourth-order valence-corrected chi connectivity index (χ4v) is 4.28. The van der Waals surface area contributed by atoms with Gasteiger partial charge in [0.25, 0.3) is 0 Å². The van der Waals surface area contributed by atoms with Crippen molar-refractivity contribution in [2.45, 2.75) is 91.9 Å². The molecule has 0 saturated carbocycles. The summed E-state index contributed by atoms with van der Waals surface area (Å²) in [6, 6.07) is 6.97. The van der Waals surface area contributed by atoms with Crippen LogP contribution >= 0.6 is 22.6 Å². The first-order valence-electron chi connectivity index (χ1n) is 9.92. The van der Waals surface area contributed by atoms with Gasteiger partial charge in [0.1, 0.15) is 0 Å². The molecule has 23 heavy (non-hydrogen) atoms. The molecule has 0 nitrogen and oxygen atoms in total. The van der Waals surface area contributed by atoms with E-state index in [0.717, 1.165) is 11.8 Å². The highest BCUT2D eigenvalue weighted by Gasteiger charge is 2.15. The third-order valence-corrected chi connectivity index (χ3v) is 6.31. The summed E-state index contributed by atoms with van der Waals surface area (Å²) in [4.78, 5) is 0. The van der Waals surface area contributed by atoms with Gasteiger partial charge in [-0.2, -0.15) is 0 Å². The second-order valence-electron chi connectivity index (χ2n) is 7.12. The largest absolute Gasteiger partial charge is 0.0654 e. The fraction of sp³-hybridized carbons (Fsp3) is 0.727. The summed E-state index contributed by atoms with van der Waals surface area (Å²) >= 11 is 2.56. The maximum Gasteiger partial charge on any atom is 0.0165 e. The van der Waals surface area contributed by atoms with Gasteiger partial charge in [-0.3, -0.25) is 0 Å². The standard InChI is InChI=1S/C22H37I/c1-5-9-12-18(7-3)16-20-14-11-15-22(23)21(20)17-19(8-4)13-10-6-2/h11,14-15,18-19H,5-10,12-13,16-17H2,1-4H3. The highest BCUT2D eigenvalue weighted by molar-refractivity contribution is 14.1. The molecule has 2 atom stereocenters. The lowest BCUT2D eigenvalue weighted by molar-refractivity contribution is 0.433. The van der Waals surface area contributed by atoms with Crippen LogP contribution in [0.1, 0.15) is 90.2 Å². The average molecular weight is 428 g/mol. The molecule has 1 aromatic rings. The van der Waals surface area contributed by atoms with Gasteiger partial charge in [-0.1, -0.05) is 91.2 Å². The lowest BCUT2D eigenvalue weighted by Gasteiger charge is -2.21. The van der Waals surface area contributed by atoms with E-state index in [9.17, 15) is 0 Å². The van der Waals surface area contributed by atoms with Crippen LogP contribution < -0.4 is 0 Å². The smallest absolute Gasteiger partial charge is 0.0165 e. The van der Waals surface area contributed by atoms with Crippen molar-refractivity contribution >= 4 is 22.6 Å². The maximum absolute atomic E-state index is 2.56. The highest BCUT2D eigenvalue weighted by atomic mass is 127. The van der Waals surface area contributed by atoms with Crippen LogP contribution in [-0.4, -0.2) is 0 Å². The highest BCUT2D eigenvalue weighted by Crippen LogP contribution is 2.28. The molecule has 1 rings (SSSR count). The third kappa shape index (κ3) is 7.58. The molecule has 0 fully saturated rings. The molecule has 1 heteroatoms. The van der Waals surface area contributed by atoms with Gasteiger partial charge in [-0.25, -0.2) is 0 Å². The minimum Gasteiger partial charge on any atom is -0.0654 e. The second-order valence-corrected chi connectivity index (χ2v) is 8.28. The van der Waals surface area contributed by atoms with Gasteiger partial charge in [0.2, 0.25) is 0 Å². The minimum atomic E-state index is 0.861. The summed E-state index contributed by atoms with van der Waals surface area (Å²) in [5, 5.41) is 0. The number of hydrogen-bond acceptors (Lipinski definition) is 0. The lowest BCUT2D eigenvalue weighted by Crippen LogP contribution is -2.11. The zero-order chi connectivity index (χ0) is 17.1. The molecule has 0 aliphatic rings. The van der Waals surface area contributed by atoms with E-state index in [2.05, 4.69) is 68.5 Å². The Morgan fingerprint density at radius 1 is 0.826 bits per heavy atom. The normalized spacial score (nSPS) is 14.0. The lowest BCUT2D eigenvalue weighted by atomic mass is 9.85. The summed E-state index contributed by atoms with van der Waals surface area (Å²) in [5.74, 6) is 1.72. The van der Waals surface area contributed by atoms with Crippen LogP contribution in [0.25, 0.3) is 0 Å². The van der Waals surface area contributed by atoms with Gasteiger partial charge in [-0.15, -0.1) is 0 Å².